The van der Waals surface area contributed by atoms with Crippen molar-refractivity contribution in [3.8, 4) is 0 Å². The highest BCUT2D eigenvalue weighted by molar-refractivity contribution is 7.92. The lowest BCUT2D eigenvalue weighted by molar-refractivity contribution is 0.572. The van der Waals surface area contributed by atoms with Gasteiger partial charge in [0.25, 0.3) is 10.0 Å². The van der Waals surface area contributed by atoms with Gasteiger partial charge in [0.2, 0.25) is 0 Å². The van der Waals surface area contributed by atoms with E-state index in [2.05, 4.69) is 4.72 Å². The Morgan fingerprint density at radius 1 is 1.16 bits per heavy atom. The van der Waals surface area contributed by atoms with E-state index in [1.807, 2.05) is 0 Å². The zero-order valence-electron chi connectivity index (χ0n) is 9.60. The molecule has 2 rings (SSSR count). The molecule has 0 aliphatic heterocycles. The first-order chi connectivity index (χ1) is 8.90. The summed E-state index contributed by atoms with van der Waals surface area (Å²) in [7, 11) is -4.10. The van der Waals surface area contributed by atoms with Gasteiger partial charge in [-0.2, -0.15) is 0 Å². The van der Waals surface area contributed by atoms with Gasteiger partial charge in [0, 0.05) is 5.02 Å². The first-order valence-electron chi connectivity index (χ1n) is 5.22. The number of hydrogen-bond acceptors (Lipinski definition) is 3. The summed E-state index contributed by atoms with van der Waals surface area (Å²) < 4.78 is 40.0. The third kappa shape index (κ3) is 2.97. The van der Waals surface area contributed by atoms with E-state index in [0.29, 0.717) is 5.02 Å². The number of nitrogen functional groups attached to an aromatic ring is 1. The van der Waals surface area contributed by atoms with Gasteiger partial charge in [-0.3, -0.25) is 4.72 Å². The number of nitrogens with two attached hydrogens (primary N) is 1. The van der Waals surface area contributed by atoms with Crippen molar-refractivity contribution < 1.29 is 12.8 Å². The normalized spacial score (nSPS) is 11.3. The standard InChI is InChI=1S/C12H10ClFN2O2S/c13-8-3-1-4-9(7-8)16-19(17,18)12-10(14)5-2-6-11(12)15/h1-7,16H,15H2. The molecule has 0 radical (unpaired) electrons. The summed E-state index contributed by atoms with van der Waals surface area (Å²) in [6.45, 7) is 0. The van der Waals surface area contributed by atoms with Crippen LogP contribution >= 0.6 is 11.6 Å². The van der Waals surface area contributed by atoms with E-state index in [9.17, 15) is 12.8 Å². The molecule has 0 aliphatic carbocycles. The second-order valence-corrected chi connectivity index (χ2v) is 5.83. The zero-order chi connectivity index (χ0) is 14.0. The number of rotatable bonds is 3. The van der Waals surface area contributed by atoms with Gasteiger partial charge in [0.15, 0.2) is 0 Å². The molecule has 0 saturated carbocycles. The highest BCUT2D eigenvalue weighted by Crippen LogP contribution is 2.25. The highest BCUT2D eigenvalue weighted by atomic mass is 35.5. The van der Waals surface area contributed by atoms with Crippen LogP contribution in [-0.4, -0.2) is 8.42 Å². The zero-order valence-corrected chi connectivity index (χ0v) is 11.2. The van der Waals surface area contributed by atoms with Gasteiger partial charge in [0.05, 0.1) is 11.4 Å². The fourth-order valence-corrected chi connectivity index (χ4v) is 3.00. The molecule has 4 nitrogen and oxygen atoms in total. The molecular weight excluding hydrogens is 291 g/mol. The lowest BCUT2D eigenvalue weighted by Crippen LogP contribution is -2.16. The minimum absolute atomic E-state index is 0.158. The molecule has 0 spiro atoms. The molecule has 100 valence electrons. The molecule has 0 heterocycles. The molecule has 0 bridgehead atoms. The summed E-state index contributed by atoms with van der Waals surface area (Å²) >= 11 is 5.75. The Hall–Kier alpha value is -1.79. The molecule has 2 aromatic rings. The first-order valence-corrected chi connectivity index (χ1v) is 7.08. The number of sulfonamides is 1. The van der Waals surface area contributed by atoms with Crippen molar-refractivity contribution in [2.24, 2.45) is 0 Å². The van der Waals surface area contributed by atoms with Crippen molar-refractivity contribution >= 4 is 33.0 Å². The third-order valence-electron chi connectivity index (χ3n) is 2.34. The highest BCUT2D eigenvalue weighted by Gasteiger charge is 2.22. The Bertz CT molecular complexity index is 699. The average Bonchev–Trinajstić information content (AvgIpc) is 2.27. The van der Waals surface area contributed by atoms with Crippen LogP contribution in [0.2, 0.25) is 5.02 Å². The van der Waals surface area contributed by atoms with Crippen LogP contribution in [0.25, 0.3) is 0 Å². The summed E-state index contributed by atoms with van der Waals surface area (Å²) in [6.07, 6.45) is 0. The molecule has 0 saturated heterocycles. The fourth-order valence-electron chi connectivity index (χ4n) is 1.57. The van der Waals surface area contributed by atoms with Crippen molar-refractivity contribution in [1.82, 2.24) is 0 Å². The van der Waals surface area contributed by atoms with Gasteiger partial charge >= 0.3 is 0 Å². The molecule has 0 fully saturated rings. The Morgan fingerprint density at radius 3 is 2.47 bits per heavy atom. The molecule has 7 heteroatoms. The molecule has 3 N–H and O–H groups in total. The molecular formula is C12H10ClFN2O2S. The van der Waals surface area contributed by atoms with E-state index in [1.165, 1.54) is 24.3 Å². The maximum absolute atomic E-state index is 13.6. The second kappa shape index (κ2) is 5.07. The number of benzene rings is 2. The van der Waals surface area contributed by atoms with Crippen LogP contribution in [0.5, 0.6) is 0 Å². The van der Waals surface area contributed by atoms with Crippen LogP contribution in [0.1, 0.15) is 0 Å². The smallest absolute Gasteiger partial charge is 0.266 e. The monoisotopic (exact) mass is 300 g/mol. The number of anilines is 2. The van der Waals surface area contributed by atoms with Gasteiger partial charge in [-0.15, -0.1) is 0 Å². The Balaban J connectivity index is 2.44. The second-order valence-electron chi connectivity index (χ2n) is 3.77. The maximum Gasteiger partial charge on any atom is 0.266 e. The molecule has 2 aromatic carbocycles. The molecule has 0 aliphatic rings. The summed E-state index contributed by atoms with van der Waals surface area (Å²) in [6, 6.07) is 9.76. The topological polar surface area (TPSA) is 72.2 Å². The number of nitrogens with one attached hydrogen (secondary N) is 1. The van der Waals surface area contributed by atoms with Crippen LogP contribution < -0.4 is 10.5 Å². The number of halogens is 2. The molecule has 0 unspecified atom stereocenters. The SMILES string of the molecule is Nc1cccc(F)c1S(=O)(=O)Nc1cccc(Cl)c1. The quantitative estimate of drug-likeness (QED) is 0.856. The van der Waals surface area contributed by atoms with Crippen LogP contribution in [-0.2, 0) is 10.0 Å². The summed E-state index contributed by atoms with van der Waals surface area (Å²) in [5.41, 5.74) is 5.58. The van der Waals surface area contributed by atoms with E-state index in [4.69, 9.17) is 17.3 Å². The molecule has 0 atom stereocenters. The van der Waals surface area contributed by atoms with E-state index in [1.54, 1.807) is 12.1 Å². The molecule has 0 aromatic heterocycles. The predicted molar refractivity (Wildman–Crippen MR) is 73.1 cm³/mol. The summed E-state index contributed by atoms with van der Waals surface area (Å²) in [5.74, 6) is -0.908. The van der Waals surface area contributed by atoms with Gasteiger partial charge in [-0.05, 0) is 30.3 Å². The lowest BCUT2D eigenvalue weighted by Gasteiger charge is -2.11. The van der Waals surface area contributed by atoms with Gasteiger partial charge in [-0.1, -0.05) is 23.7 Å². The van der Waals surface area contributed by atoms with Crippen LogP contribution in [0.15, 0.2) is 47.4 Å². The van der Waals surface area contributed by atoms with Gasteiger partial charge in [-0.25, -0.2) is 12.8 Å². The lowest BCUT2D eigenvalue weighted by atomic mass is 10.3. The Labute approximate surface area is 115 Å². The number of hydrogen-bond donors (Lipinski definition) is 2. The van der Waals surface area contributed by atoms with Gasteiger partial charge in [0.1, 0.15) is 10.7 Å². The largest absolute Gasteiger partial charge is 0.398 e. The van der Waals surface area contributed by atoms with Crippen LogP contribution in [0, 0.1) is 5.82 Å². The predicted octanol–water partition coefficient (Wildman–Crippen LogP) is 2.86. The van der Waals surface area contributed by atoms with Gasteiger partial charge < -0.3 is 5.73 Å². The minimum Gasteiger partial charge on any atom is -0.398 e. The maximum atomic E-state index is 13.6. The average molecular weight is 301 g/mol. The van der Waals surface area contributed by atoms with Crippen molar-refractivity contribution in [3.05, 3.63) is 53.3 Å². The van der Waals surface area contributed by atoms with Crippen molar-refractivity contribution in [3.63, 3.8) is 0 Å². The summed E-state index contributed by atoms with van der Waals surface area (Å²) in [4.78, 5) is -0.574. The summed E-state index contributed by atoms with van der Waals surface area (Å²) in [5, 5.41) is 0.363. The Kier molecular flexibility index (Phi) is 3.64. The van der Waals surface area contributed by atoms with Crippen LogP contribution in [0.4, 0.5) is 15.8 Å². The molecule has 0 amide bonds. The van der Waals surface area contributed by atoms with E-state index in [0.717, 1.165) is 6.07 Å². The van der Waals surface area contributed by atoms with Crippen molar-refractivity contribution in [1.29, 1.82) is 0 Å². The van der Waals surface area contributed by atoms with E-state index < -0.39 is 20.7 Å². The van der Waals surface area contributed by atoms with Crippen LogP contribution in [0.3, 0.4) is 0 Å². The third-order valence-corrected chi connectivity index (χ3v) is 4.05. The minimum atomic E-state index is -4.10. The first kappa shape index (κ1) is 13.6. The van der Waals surface area contributed by atoms with E-state index >= 15 is 0 Å². The van der Waals surface area contributed by atoms with E-state index in [-0.39, 0.29) is 11.4 Å². The Morgan fingerprint density at radius 2 is 1.84 bits per heavy atom. The fraction of sp³-hybridized carbons (Fsp3) is 0. The molecule has 19 heavy (non-hydrogen) atoms. The van der Waals surface area contributed by atoms with Crippen molar-refractivity contribution in [2.45, 2.75) is 4.90 Å². The van der Waals surface area contributed by atoms with Crippen molar-refractivity contribution in [2.75, 3.05) is 10.5 Å².